The number of carboxylic acid groups (broad SMARTS) is 1. The molecule has 0 aliphatic heterocycles. The van der Waals surface area contributed by atoms with Crippen LogP contribution < -0.4 is 5.73 Å². The minimum Gasteiger partial charge on any atom is -0.480 e. The molecule has 0 rings (SSSR count). The third kappa shape index (κ3) is 9.29. The molecule has 17 heavy (non-hydrogen) atoms. The predicted molar refractivity (Wildman–Crippen MR) is 60.1 cm³/mol. The van der Waals surface area contributed by atoms with Gasteiger partial charge in [0.2, 0.25) is 5.44 Å². The molecule has 3 unspecified atom stereocenters. The lowest BCUT2D eigenvalue weighted by Gasteiger charge is -2.10. The maximum atomic E-state index is 9.97. The minimum atomic E-state index is -4.67. The molecule has 3 atom stereocenters. The molecule has 7 N–H and O–H groups in total. The molecule has 0 spiro atoms. The second-order valence-electron chi connectivity index (χ2n) is 2.78. The molecule has 0 amide bonds. The molecule has 0 fully saturated rings. The van der Waals surface area contributed by atoms with Gasteiger partial charge in [-0.1, -0.05) is 0 Å². The number of nitrogens with two attached hydrogens (primary N) is 1. The maximum absolute atomic E-state index is 9.97. The van der Waals surface area contributed by atoms with Gasteiger partial charge in [0.1, 0.15) is 12.1 Å². The fraction of sp³-hybridized carbons (Fsp3) is 0.833. The summed E-state index contributed by atoms with van der Waals surface area (Å²) in [7, 11) is -4.67. The standard InChI is InChI=1S/C3H7NO2S.C3H8O6S/c4-2(1-7)3(5)6;4-1-2(5)3(6)10(7,8)9/h2,7H,1,4H2,(H,5,6);2-6H,1H2,(H,7,8,9). The van der Waals surface area contributed by atoms with Crippen LogP contribution in [0.25, 0.3) is 0 Å². The van der Waals surface area contributed by atoms with Crippen LogP contribution >= 0.6 is 12.6 Å². The van der Waals surface area contributed by atoms with Gasteiger partial charge in [0.25, 0.3) is 10.1 Å². The topological polar surface area (TPSA) is 178 Å². The van der Waals surface area contributed by atoms with Crippen LogP contribution in [0.4, 0.5) is 0 Å². The molecule has 0 saturated carbocycles. The number of rotatable bonds is 5. The highest BCUT2D eigenvalue weighted by atomic mass is 32.2. The summed E-state index contributed by atoms with van der Waals surface area (Å²) in [6.07, 6.45) is -1.87. The summed E-state index contributed by atoms with van der Waals surface area (Å²) < 4.78 is 28.0. The van der Waals surface area contributed by atoms with E-state index in [0.717, 1.165) is 0 Å². The van der Waals surface area contributed by atoms with Crippen LogP contribution in [0.1, 0.15) is 0 Å². The van der Waals surface area contributed by atoms with Gasteiger partial charge in [0, 0.05) is 5.75 Å². The molecule has 0 radical (unpaired) electrons. The monoisotopic (exact) mass is 293 g/mol. The first-order valence-electron chi connectivity index (χ1n) is 4.10. The second kappa shape index (κ2) is 8.63. The van der Waals surface area contributed by atoms with Crippen molar-refractivity contribution in [2.75, 3.05) is 12.4 Å². The van der Waals surface area contributed by atoms with E-state index >= 15 is 0 Å². The van der Waals surface area contributed by atoms with Crippen LogP contribution in [0.5, 0.6) is 0 Å². The maximum Gasteiger partial charge on any atom is 0.321 e. The van der Waals surface area contributed by atoms with Gasteiger partial charge < -0.3 is 26.2 Å². The van der Waals surface area contributed by atoms with Crippen LogP contribution in [-0.4, -0.2) is 69.3 Å². The summed E-state index contributed by atoms with van der Waals surface area (Å²) in [6, 6.07) is -0.816. The van der Waals surface area contributed by atoms with Crippen LogP contribution in [0.15, 0.2) is 0 Å². The Morgan fingerprint density at radius 1 is 1.35 bits per heavy atom. The summed E-state index contributed by atoms with van der Waals surface area (Å²) in [6.45, 7) is -0.930. The number of thiol groups is 1. The van der Waals surface area contributed by atoms with Crippen LogP contribution in [0.3, 0.4) is 0 Å². The summed E-state index contributed by atoms with van der Waals surface area (Å²) in [5.74, 6) is -0.815. The molecular weight excluding hydrogens is 278 g/mol. The molecule has 0 aliphatic rings. The first kappa shape index (κ1) is 18.9. The fourth-order valence-corrected chi connectivity index (χ4v) is 1.01. The molecule has 0 bridgehead atoms. The highest BCUT2D eigenvalue weighted by Crippen LogP contribution is 1.99. The zero-order valence-corrected chi connectivity index (χ0v) is 10.3. The Bertz CT molecular complexity index is 318. The molecule has 0 saturated heterocycles. The van der Waals surface area contributed by atoms with Crippen molar-refractivity contribution < 1.29 is 38.2 Å². The van der Waals surface area contributed by atoms with E-state index in [-0.39, 0.29) is 5.75 Å². The summed E-state index contributed by atoms with van der Waals surface area (Å²) >= 11 is 3.65. The number of aliphatic carboxylic acids is 1. The zero-order chi connectivity index (χ0) is 14.2. The van der Waals surface area contributed by atoms with Gasteiger partial charge in [0.15, 0.2) is 0 Å². The number of aliphatic hydroxyl groups excluding tert-OH is 3. The Morgan fingerprint density at radius 3 is 1.82 bits per heavy atom. The Balaban J connectivity index is 0. The molecule has 0 aromatic carbocycles. The quantitative estimate of drug-likeness (QED) is 0.204. The smallest absolute Gasteiger partial charge is 0.321 e. The van der Waals surface area contributed by atoms with Crippen molar-refractivity contribution in [1.82, 2.24) is 0 Å². The van der Waals surface area contributed by atoms with Crippen molar-refractivity contribution in [2.45, 2.75) is 17.6 Å². The van der Waals surface area contributed by atoms with Crippen molar-refractivity contribution in [3.63, 3.8) is 0 Å². The molecule has 0 aromatic heterocycles. The van der Waals surface area contributed by atoms with Crippen molar-refractivity contribution in [3.8, 4) is 0 Å². The largest absolute Gasteiger partial charge is 0.480 e. The first-order chi connectivity index (χ1) is 7.57. The van der Waals surface area contributed by atoms with E-state index in [4.69, 9.17) is 30.7 Å². The lowest BCUT2D eigenvalue weighted by Crippen LogP contribution is -2.35. The number of carbonyl (C=O) groups is 1. The SMILES string of the molecule is NC(CS)C(=O)O.O=S(=O)(O)C(O)C(O)CO. The van der Waals surface area contributed by atoms with Gasteiger partial charge in [-0.3, -0.25) is 9.35 Å². The average Bonchev–Trinajstić information content (AvgIpc) is 2.25. The lowest BCUT2D eigenvalue weighted by molar-refractivity contribution is -0.137. The van der Waals surface area contributed by atoms with Crippen molar-refractivity contribution >= 4 is 28.7 Å². The molecule has 0 aromatic rings. The van der Waals surface area contributed by atoms with E-state index < -0.39 is 40.3 Å². The molecule has 0 heterocycles. The molecule has 0 aliphatic carbocycles. The summed E-state index contributed by atoms with van der Waals surface area (Å²) in [5, 5.41) is 32.9. The van der Waals surface area contributed by atoms with Gasteiger partial charge in [-0.25, -0.2) is 0 Å². The third-order valence-corrected chi connectivity index (χ3v) is 2.65. The average molecular weight is 293 g/mol. The number of hydrogen-bond acceptors (Lipinski definition) is 8. The van der Waals surface area contributed by atoms with E-state index in [1.165, 1.54) is 0 Å². The van der Waals surface area contributed by atoms with Crippen molar-refractivity contribution in [1.29, 1.82) is 0 Å². The molecule has 104 valence electrons. The van der Waals surface area contributed by atoms with E-state index in [1.807, 2.05) is 0 Å². The van der Waals surface area contributed by atoms with Gasteiger partial charge in [-0.05, 0) is 0 Å². The van der Waals surface area contributed by atoms with Gasteiger partial charge in [-0.2, -0.15) is 21.0 Å². The van der Waals surface area contributed by atoms with Crippen LogP contribution in [0, 0.1) is 0 Å². The highest BCUT2D eigenvalue weighted by Gasteiger charge is 2.27. The number of aliphatic hydroxyl groups is 3. The van der Waals surface area contributed by atoms with E-state index in [0.29, 0.717) is 0 Å². The van der Waals surface area contributed by atoms with Crippen molar-refractivity contribution in [2.24, 2.45) is 5.73 Å². The highest BCUT2D eigenvalue weighted by molar-refractivity contribution is 7.86. The predicted octanol–water partition coefficient (Wildman–Crippen LogP) is -3.13. The zero-order valence-electron chi connectivity index (χ0n) is 8.54. The van der Waals surface area contributed by atoms with E-state index in [1.54, 1.807) is 0 Å². The Morgan fingerprint density at radius 2 is 1.76 bits per heavy atom. The molecule has 9 nitrogen and oxygen atoms in total. The number of carboxylic acids is 1. The van der Waals surface area contributed by atoms with Gasteiger partial charge in [0.05, 0.1) is 6.61 Å². The van der Waals surface area contributed by atoms with Gasteiger partial charge >= 0.3 is 5.97 Å². The van der Waals surface area contributed by atoms with Crippen molar-refractivity contribution in [3.05, 3.63) is 0 Å². The Hall–Kier alpha value is -0.430. The minimum absolute atomic E-state index is 0.190. The Kier molecular flexibility index (Phi) is 9.61. The first-order valence-corrected chi connectivity index (χ1v) is 6.24. The third-order valence-electron chi connectivity index (χ3n) is 1.34. The summed E-state index contributed by atoms with van der Waals surface area (Å²) in [5.41, 5.74) is 2.60. The summed E-state index contributed by atoms with van der Waals surface area (Å²) in [4.78, 5) is 9.76. The van der Waals surface area contributed by atoms with Crippen LogP contribution in [0.2, 0.25) is 0 Å². The Labute approximate surface area is 103 Å². The van der Waals surface area contributed by atoms with Gasteiger partial charge in [-0.15, -0.1) is 0 Å². The lowest BCUT2D eigenvalue weighted by atomic mass is 10.4. The normalized spacial score (nSPS) is 16.4. The van der Waals surface area contributed by atoms with E-state index in [2.05, 4.69) is 12.6 Å². The second-order valence-corrected chi connectivity index (χ2v) is 4.66. The molecule has 11 heteroatoms. The van der Waals surface area contributed by atoms with Crippen LogP contribution in [-0.2, 0) is 14.9 Å². The fourth-order valence-electron chi connectivity index (χ4n) is 0.367. The van der Waals surface area contributed by atoms with E-state index in [9.17, 15) is 13.2 Å². The number of hydrogen-bond donors (Lipinski definition) is 7. The molecular formula is C6H15NO8S2.